The normalized spacial score (nSPS) is 11.0. The van der Waals surface area contributed by atoms with Gasteiger partial charge < -0.3 is 5.32 Å². The molecule has 0 fully saturated rings. The minimum absolute atomic E-state index is 1.22. The lowest BCUT2D eigenvalue weighted by Crippen LogP contribution is -1.86. The molecule has 0 spiro atoms. The van der Waals surface area contributed by atoms with Gasteiger partial charge in [0.15, 0.2) is 0 Å². The van der Waals surface area contributed by atoms with Crippen LogP contribution in [-0.4, -0.2) is 7.05 Å². The molecule has 0 aliphatic carbocycles. The van der Waals surface area contributed by atoms with Crippen LogP contribution in [0.15, 0.2) is 42.5 Å². The third-order valence-electron chi connectivity index (χ3n) is 2.67. The largest absolute Gasteiger partial charge is 0.387 e. The molecule has 0 atom stereocenters. The van der Waals surface area contributed by atoms with Crippen molar-refractivity contribution in [1.29, 1.82) is 0 Å². The van der Waals surface area contributed by atoms with Crippen LogP contribution in [0.5, 0.6) is 0 Å². The Morgan fingerprint density at radius 1 is 0.933 bits per heavy atom. The summed E-state index contributed by atoms with van der Waals surface area (Å²) in [6.07, 6.45) is 0. The second kappa shape index (κ2) is 3.24. The predicted molar refractivity (Wildman–Crippen MR) is 68.9 cm³/mol. The van der Waals surface area contributed by atoms with Crippen molar-refractivity contribution in [2.75, 3.05) is 12.4 Å². The molecule has 0 amide bonds. The number of hydrogen-bond acceptors (Lipinski definition) is 2. The Bertz CT molecular complexity index is 625. The summed E-state index contributed by atoms with van der Waals surface area (Å²) in [4.78, 5) is 0. The van der Waals surface area contributed by atoms with Gasteiger partial charge in [0.1, 0.15) is 0 Å². The van der Waals surface area contributed by atoms with Gasteiger partial charge in [0.2, 0.25) is 0 Å². The molecule has 0 saturated carbocycles. The van der Waals surface area contributed by atoms with E-state index >= 15 is 0 Å². The van der Waals surface area contributed by atoms with Gasteiger partial charge in [-0.2, -0.15) is 0 Å². The number of nitrogens with one attached hydrogen (secondary N) is 1. The molecule has 0 radical (unpaired) electrons. The summed E-state index contributed by atoms with van der Waals surface area (Å²) in [6.45, 7) is 0. The van der Waals surface area contributed by atoms with Crippen molar-refractivity contribution in [3.63, 3.8) is 0 Å². The maximum absolute atomic E-state index is 3.24. The molecule has 15 heavy (non-hydrogen) atoms. The number of fused-ring (bicyclic) bond motifs is 3. The molecule has 0 unspecified atom stereocenters. The molecule has 1 aromatic heterocycles. The fourth-order valence-corrected chi connectivity index (χ4v) is 3.17. The first-order chi connectivity index (χ1) is 7.40. The van der Waals surface area contributed by atoms with E-state index in [9.17, 15) is 0 Å². The van der Waals surface area contributed by atoms with Gasteiger partial charge in [-0.1, -0.05) is 30.3 Å². The lowest BCUT2D eigenvalue weighted by Gasteiger charge is -1.99. The van der Waals surface area contributed by atoms with Crippen LogP contribution < -0.4 is 5.32 Å². The van der Waals surface area contributed by atoms with Crippen LogP contribution in [0, 0.1) is 0 Å². The fourth-order valence-electron chi connectivity index (χ4n) is 1.94. The molecule has 2 aromatic carbocycles. The maximum Gasteiger partial charge on any atom is 0.0586 e. The number of hydrogen-bond donors (Lipinski definition) is 1. The highest BCUT2D eigenvalue weighted by molar-refractivity contribution is 7.26. The van der Waals surface area contributed by atoms with Crippen LogP contribution in [-0.2, 0) is 0 Å². The summed E-state index contributed by atoms with van der Waals surface area (Å²) in [5.74, 6) is 0. The average molecular weight is 213 g/mol. The molecule has 0 bridgehead atoms. The molecule has 1 heterocycles. The number of thiophene rings is 1. The lowest BCUT2D eigenvalue weighted by atomic mass is 10.1. The molecule has 2 heteroatoms. The van der Waals surface area contributed by atoms with Gasteiger partial charge in [-0.05, 0) is 12.1 Å². The molecule has 1 N–H and O–H groups in total. The highest BCUT2D eigenvalue weighted by Gasteiger charge is 2.06. The quantitative estimate of drug-likeness (QED) is 0.641. The zero-order chi connectivity index (χ0) is 10.3. The van der Waals surface area contributed by atoms with Crippen LogP contribution in [0.25, 0.3) is 20.2 Å². The molecule has 74 valence electrons. The van der Waals surface area contributed by atoms with Crippen molar-refractivity contribution < 1.29 is 0 Å². The number of benzene rings is 2. The van der Waals surface area contributed by atoms with Gasteiger partial charge >= 0.3 is 0 Å². The van der Waals surface area contributed by atoms with Crippen molar-refractivity contribution in [2.24, 2.45) is 0 Å². The molecule has 3 aromatic rings. The lowest BCUT2D eigenvalue weighted by molar-refractivity contribution is 1.56. The first kappa shape index (κ1) is 8.74. The van der Waals surface area contributed by atoms with Crippen LogP contribution in [0.1, 0.15) is 0 Å². The SMILES string of the molecule is CNc1cccc2c1sc1ccccc12. The molecule has 3 rings (SSSR count). The number of rotatable bonds is 1. The summed E-state index contributed by atoms with van der Waals surface area (Å²) in [6, 6.07) is 15.0. The minimum Gasteiger partial charge on any atom is -0.387 e. The Morgan fingerprint density at radius 3 is 2.60 bits per heavy atom. The van der Waals surface area contributed by atoms with Gasteiger partial charge in [-0.25, -0.2) is 0 Å². The van der Waals surface area contributed by atoms with Crippen LogP contribution in [0.2, 0.25) is 0 Å². The second-order valence-corrected chi connectivity index (χ2v) is 4.58. The Hall–Kier alpha value is -1.54. The molecule has 0 aliphatic heterocycles. The Kier molecular flexibility index (Phi) is 1.89. The maximum atomic E-state index is 3.24. The van der Waals surface area contributed by atoms with Crippen LogP contribution in [0.4, 0.5) is 5.69 Å². The van der Waals surface area contributed by atoms with Gasteiger partial charge in [0.05, 0.1) is 10.4 Å². The van der Waals surface area contributed by atoms with Crippen LogP contribution >= 0.6 is 11.3 Å². The average Bonchev–Trinajstić information content (AvgIpc) is 2.67. The molecule has 1 nitrogen and oxygen atoms in total. The molecular weight excluding hydrogens is 202 g/mol. The third-order valence-corrected chi connectivity index (χ3v) is 3.89. The van der Waals surface area contributed by atoms with Crippen molar-refractivity contribution in [1.82, 2.24) is 0 Å². The van der Waals surface area contributed by atoms with E-state index in [0.717, 1.165) is 0 Å². The van der Waals surface area contributed by atoms with Crippen molar-refractivity contribution in [3.8, 4) is 0 Å². The highest BCUT2D eigenvalue weighted by atomic mass is 32.1. The smallest absolute Gasteiger partial charge is 0.0586 e. The zero-order valence-corrected chi connectivity index (χ0v) is 9.27. The topological polar surface area (TPSA) is 12.0 Å². The van der Waals surface area contributed by atoms with E-state index in [-0.39, 0.29) is 0 Å². The van der Waals surface area contributed by atoms with Gasteiger partial charge in [-0.3, -0.25) is 0 Å². The summed E-state index contributed by atoms with van der Waals surface area (Å²) >= 11 is 1.85. The van der Waals surface area contributed by atoms with E-state index in [4.69, 9.17) is 0 Å². The second-order valence-electron chi connectivity index (χ2n) is 3.53. The first-order valence-electron chi connectivity index (χ1n) is 4.98. The van der Waals surface area contributed by atoms with Crippen LogP contribution in [0.3, 0.4) is 0 Å². The molecular formula is C13H11NS. The van der Waals surface area contributed by atoms with Crippen molar-refractivity contribution in [2.45, 2.75) is 0 Å². The van der Waals surface area contributed by atoms with Crippen molar-refractivity contribution in [3.05, 3.63) is 42.5 Å². The highest BCUT2D eigenvalue weighted by Crippen LogP contribution is 2.37. The Morgan fingerprint density at radius 2 is 1.73 bits per heavy atom. The predicted octanol–water partition coefficient (Wildman–Crippen LogP) is 4.10. The summed E-state index contributed by atoms with van der Waals surface area (Å²) in [7, 11) is 1.97. The molecule has 0 saturated heterocycles. The van der Waals surface area contributed by atoms with Gasteiger partial charge in [0.25, 0.3) is 0 Å². The van der Waals surface area contributed by atoms with Crippen molar-refractivity contribution >= 4 is 37.2 Å². The van der Waals surface area contributed by atoms with Gasteiger partial charge in [-0.15, -0.1) is 11.3 Å². The Labute approximate surface area is 92.3 Å². The zero-order valence-electron chi connectivity index (χ0n) is 8.45. The van der Waals surface area contributed by atoms with E-state index < -0.39 is 0 Å². The summed E-state index contributed by atoms with van der Waals surface area (Å²) in [5, 5.41) is 5.95. The third kappa shape index (κ3) is 1.22. The van der Waals surface area contributed by atoms with Gasteiger partial charge in [0, 0.05) is 22.5 Å². The Balaban J connectivity index is 2.53. The number of anilines is 1. The van der Waals surface area contributed by atoms with E-state index in [0.29, 0.717) is 0 Å². The fraction of sp³-hybridized carbons (Fsp3) is 0.0769. The molecule has 0 aliphatic rings. The minimum atomic E-state index is 1.22. The van der Waals surface area contributed by atoms with E-state index in [1.54, 1.807) is 0 Å². The monoisotopic (exact) mass is 213 g/mol. The first-order valence-corrected chi connectivity index (χ1v) is 5.80. The standard InChI is InChI=1S/C13H11NS/c1-14-11-7-4-6-10-9-5-2-3-8-12(9)15-13(10)11/h2-8,14H,1H3. The van der Waals surface area contributed by atoms with E-state index in [1.807, 2.05) is 18.4 Å². The summed E-state index contributed by atoms with van der Waals surface area (Å²) < 4.78 is 2.71. The van der Waals surface area contributed by atoms with E-state index in [2.05, 4.69) is 47.8 Å². The van der Waals surface area contributed by atoms with E-state index in [1.165, 1.54) is 25.9 Å². The summed E-state index contributed by atoms with van der Waals surface area (Å²) in [5.41, 5.74) is 1.22.